The monoisotopic (exact) mass is 423 g/mol. The molecule has 0 bridgehead atoms. The molecule has 0 aliphatic carbocycles. The molecule has 0 aliphatic rings. The second-order valence-corrected chi connectivity index (χ2v) is 7.68. The van der Waals surface area contributed by atoms with Gasteiger partial charge >= 0.3 is 0 Å². The maximum atomic E-state index is 13.0. The first-order valence-corrected chi connectivity index (χ1v) is 10.5. The highest BCUT2D eigenvalue weighted by Crippen LogP contribution is 2.20. The summed E-state index contributed by atoms with van der Waals surface area (Å²) < 4.78 is 5.41. The van der Waals surface area contributed by atoms with E-state index in [0.29, 0.717) is 24.7 Å². The molecule has 0 unspecified atom stereocenters. The summed E-state index contributed by atoms with van der Waals surface area (Å²) in [6, 6.07) is 26.2. The molecule has 32 heavy (non-hydrogen) atoms. The van der Waals surface area contributed by atoms with E-state index in [1.54, 1.807) is 11.0 Å². The normalized spacial score (nSPS) is 10.7. The van der Waals surface area contributed by atoms with Crippen LogP contribution in [0, 0.1) is 6.92 Å². The van der Waals surface area contributed by atoms with Gasteiger partial charge in [-0.05, 0) is 29.7 Å². The van der Waals surface area contributed by atoms with Crippen molar-refractivity contribution in [2.75, 3.05) is 6.54 Å². The van der Waals surface area contributed by atoms with E-state index in [1.165, 1.54) is 0 Å². The van der Waals surface area contributed by atoms with E-state index in [2.05, 4.69) is 28.9 Å². The molecule has 160 valence electrons. The Kier molecular flexibility index (Phi) is 6.56. The Labute approximate surface area is 188 Å². The zero-order valence-electron chi connectivity index (χ0n) is 18.1. The average Bonchev–Trinajstić information content (AvgIpc) is 3.29. The Morgan fingerprint density at radius 1 is 0.969 bits per heavy atom. The van der Waals surface area contributed by atoms with Crippen LogP contribution in [0.2, 0.25) is 0 Å². The van der Waals surface area contributed by atoms with Gasteiger partial charge in [0.25, 0.3) is 0 Å². The summed E-state index contributed by atoms with van der Waals surface area (Å²) in [5, 5.41) is 4.07. The molecule has 1 amide bonds. The highest BCUT2D eigenvalue weighted by atomic mass is 16.5. The smallest absolute Gasteiger partial charge is 0.246 e. The molecule has 0 spiro atoms. The van der Waals surface area contributed by atoms with Gasteiger partial charge in [0.15, 0.2) is 0 Å². The lowest BCUT2D eigenvalue weighted by molar-refractivity contribution is -0.130. The van der Waals surface area contributed by atoms with E-state index in [1.807, 2.05) is 73.7 Å². The third kappa shape index (κ3) is 5.19. The third-order valence-corrected chi connectivity index (χ3v) is 5.19. The van der Waals surface area contributed by atoms with Crippen LogP contribution in [0.1, 0.15) is 17.0 Å². The Bertz CT molecular complexity index is 1200. The van der Waals surface area contributed by atoms with Gasteiger partial charge in [-0.1, -0.05) is 89.6 Å². The van der Waals surface area contributed by atoms with Crippen molar-refractivity contribution in [1.29, 1.82) is 0 Å². The molecule has 5 nitrogen and oxygen atoms in total. The summed E-state index contributed by atoms with van der Waals surface area (Å²) in [5.41, 5.74) is 5.24. The molecule has 0 saturated heterocycles. The molecule has 0 aliphatic heterocycles. The van der Waals surface area contributed by atoms with Crippen molar-refractivity contribution in [1.82, 2.24) is 15.0 Å². The van der Waals surface area contributed by atoms with Gasteiger partial charge in [0, 0.05) is 12.1 Å². The van der Waals surface area contributed by atoms with E-state index in [0.717, 1.165) is 27.8 Å². The number of amides is 1. The minimum atomic E-state index is -0.0207. The van der Waals surface area contributed by atoms with Gasteiger partial charge in [-0.15, -0.1) is 6.58 Å². The molecule has 1 aromatic heterocycles. The summed E-state index contributed by atoms with van der Waals surface area (Å²) in [5.74, 6) is 0.898. The highest BCUT2D eigenvalue weighted by Gasteiger charge is 2.18. The standard InChI is InChI=1S/C27H25N3O2/c1-3-16-30(19-25-28-27(29-32-25)24-11-7-8-20(2)17-24)26(31)18-21-12-14-23(15-13-21)22-9-5-4-6-10-22/h3-15,17H,1,16,18-19H2,2H3. The van der Waals surface area contributed by atoms with Crippen LogP contribution in [0.5, 0.6) is 0 Å². The molecule has 0 saturated carbocycles. The van der Waals surface area contributed by atoms with Gasteiger partial charge in [0.1, 0.15) is 6.54 Å². The molecule has 0 atom stereocenters. The second-order valence-electron chi connectivity index (χ2n) is 7.68. The quantitative estimate of drug-likeness (QED) is 0.353. The summed E-state index contributed by atoms with van der Waals surface area (Å²) in [6.07, 6.45) is 2.00. The molecular weight excluding hydrogens is 398 g/mol. The molecule has 0 N–H and O–H groups in total. The van der Waals surface area contributed by atoms with Gasteiger partial charge in [-0.2, -0.15) is 4.98 Å². The van der Waals surface area contributed by atoms with Crippen molar-refractivity contribution >= 4 is 5.91 Å². The van der Waals surface area contributed by atoms with Crippen LogP contribution >= 0.6 is 0 Å². The highest BCUT2D eigenvalue weighted by molar-refractivity contribution is 5.79. The van der Waals surface area contributed by atoms with E-state index >= 15 is 0 Å². The van der Waals surface area contributed by atoms with Gasteiger partial charge < -0.3 is 9.42 Å². The largest absolute Gasteiger partial charge is 0.337 e. The van der Waals surface area contributed by atoms with Crippen molar-refractivity contribution in [2.24, 2.45) is 0 Å². The van der Waals surface area contributed by atoms with Crippen molar-refractivity contribution in [3.8, 4) is 22.5 Å². The minimum absolute atomic E-state index is 0.0207. The van der Waals surface area contributed by atoms with E-state index in [9.17, 15) is 4.79 Å². The number of carbonyl (C=O) groups excluding carboxylic acids is 1. The van der Waals surface area contributed by atoms with Gasteiger partial charge in [0.2, 0.25) is 17.6 Å². The number of hydrogen-bond acceptors (Lipinski definition) is 4. The number of hydrogen-bond donors (Lipinski definition) is 0. The predicted octanol–water partition coefficient (Wildman–Crippen LogP) is 5.47. The van der Waals surface area contributed by atoms with Crippen LogP contribution < -0.4 is 0 Å². The van der Waals surface area contributed by atoms with Crippen LogP contribution in [-0.4, -0.2) is 27.5 Å². The zero-order valence-corrected chi connectivity index (χ0v) is 18.1. The van der Waals surface area contributed by atoms with Crippen LogP contribution in [0.4, 0.5) is 0 Å². The molecule has 1 heterocycles. The molecule has 0 fully saturated rings. The van der Waals surface area contributed by atoms with Crippen LogP contribution in [0.15, 0.2) is 96.0 Å². The molecule has 3 aromatic carbocycles. The maximum absolute atomic E-state index is 13.0. The summed E-state index contributed by atoms with van der Waals surface area (Å²) in [7, 11) is 0. The van der Waals surface area contributed by atoms with Crippen molar-refractivity contribution in [3.63, 3.8) is 0 Å². The Balaban J connectivity index is 1.43. The molecule has 5 heteroatoms. The molecule has 4 rings (SSSR count). The van der Waals surface area contributed by atoms with Crippen LogP contribution in [0.25, 0.3) is 22.5 Å². The maximum Gasteiger partial charge on any atom is 0.246 e. The molecule has 0 radical (unpaired) electrons. The summed E-state index contributed by atoms with van der Waals surface area (Å²) in [6.45, 7) is 6.44. The zero-order chi connectivity index (χ0) is 22.3. The SMILES string of the molecule is C=CCN(Cc1nc(-c2cccc(C)c2)no1)C(=O)Cc1ccc(-c2ccccc2)cc1. The summed E-state index contributed by atoms with van der Waals surface area (Å²) in [4.78, 5) is 19.1. The van der Waals surface area contributed by atoms with Crippen LogP contribution in [-0.2, 0) is 17.8 Å². The number of aromatic nitrogens is 2. The van der Waals surface area contributed by atoms with Crippen molar-refractivity contribution in [3.05, 3.63) is 109 Å². The number of aryl methyl sites for hydroxylation is 1. The van der Waals surface area contributed by atoms with E-state index in [4.69, 9.17) is 4.52 Å². The van der Waals surface area contributed by atoms with Crippen molar-refractivity contribution < 1.29 is 9.32 Å². The van der Waals surface area contributed by atoms with Crippen LogP contribution in [0.3, 0.4) is 0 Å². The van der Waals surface area contributed by atoms with Gasteiger partial charge in [-0.25, -0.2) is 0 Å². The second kappa shape index (κ2) is 9.88. The number of benzene rings is 3. The topological polar surface area (TPSA) is 59.2 Å². The lowest BCUT2D eigenvalue weighted by Crippen LogP contribution is -2.32. The predicted molar refractivity (Wildman–Crippen MR) is 126 cm³/mol. The van der Waals surface area contributed by atoms with Gasteiger partial charge in [-0.3, -0.25) is 4.79 Å². The lowest BCUT2D eigenvalue weighted by Gasteiger charge is -2.19. The number of nitrogens with zero attached hydrogens (tertiary/aromatic N) is 3. The lowest BCUT2D eigenvalue weighted by atomic mass is 10.0. The third-order valence-electron chi connectivity index (χ3n) is 5.19. The Morgan fingerprint density at radius 2 is 1.69 bits per heavy atom. The fourth-order valence-electron chi connectivity index (χ4n) is 3.53. The number of carbonyl (C=O) groups is 1. The fraction of sp³-hybridized carbons (Fsp3) is 0.148. The van der Waals surface area contributed by atoms with E-state index in [-0.39, 0.29) is 12.5 Å². The Hall–Kier alpha value is -3.99. The average molecular weight is 424 g/mol. The number of rotatable bonds is 8. The first-order valence-electron chi connectivity index (χ1n) is 10.5. The molecular formula is C27H25N3O2. The van der Waals surface area contributed by atoms with E-state index < -0.39 is 0 Å². The van der Waals surface area contributed by atoms with Crippen molar-refractivity contribution in [2.45, 2.75) is 19.9 Å². The van der Waals surface area contributed by atoms with Gasteiger partial charge in [0.05, 0.1) is 6.42 Å². The minimum Gasteiger partial charge on any atom is -0.337 e. The first-order chi connectivity index (χ1) is 15.6. The fourth-order valence-corrected chi connectivity index (χ4v) is 3.53. The molecule has 4 aromatic rings. The summed E-state index contributed by atoms with van der Waals surface area (Å²) >= 11 is 0. The Morgan fingerprint density at radius 3 is 2.41 bits per heavy atom. The first kappa shape index (κ1) is 21.2.